The highest BCUT2D eigenvalue weighted by atomic mass is 32.2. The highest BCUT2D eigenvalue weighted by molar-refractivity contribution is 7.99. The van der Waals surface area contributed by atoms with Gasteiger partial charge in [0.2, 0.25) is 5.91 Å². The number of nitrogens with one attached hydrogen (secondary N) is 1. The van der Waals surface area contributed by atoms with Crippen molar-refractivity contribution in [2.75, 3.05) is 19.8 Å². The first kappa shape index (κ1) is 22.9. The van der Waals surface area contributed by atoms with Crippen molar-refractivity contribution in [2.24, 2.45) is 5.92 Å². The van der Waals surface area contributed by atoms with Crippen LogP contribution in [0.2, 0.25) is 0 Å². The molecule has 0 bridgehead atoms. The van der Waals surface area contributed by atoms with Gasteiger partial charge < -0.3 is 30.5 Å². The van der Waals surface area contributed by atoms with Gasteiger partial charge in [-0.3, -0.25) is 9.69 Å². The van der Waals surface area contributed by atoms with E-state index in [0.29, 0.717) is 5.92 Å². The molecule has 2 heterocycles. The van der Waals surface area contributed by atoms with Crippen molar-refractivity contribution >= 4 is 17.7 Å². The van der Waals surface area contributed by atoms with Crippen molar-refractivity contribution in [3.05, 3.63) is 0 Å². The number of aliphatic hydroxyl groups excluding tert-OH is 4. The third kappa shape index (κ3) is 5.14. The lowest BCUT2D eigenvalue weighted by Gasteiger charge is -2.44. The molecule has 0 saturated carbocycles. The normalized spacial score (nSPS) is 39.9. The first-order valence-corrected chi connectivity index (χ1v) is 10.9. The Hall–Kier alpha value is -0.420. The number of likely N-dealkylation sites (tertiary alicyclic amines) is 1. The minimum absolute atomic E-state index is 0.223. The third-order valence-electron chi connectivity index (χ3n) is 5.66. The fourth-order valence-corrected chi connectivity index (χ4v) is 4.81. The van der Waals surface area contributed by atoms with E-state index in [1.807, 2.05) is 11.9 Å². The Morgan fingerprint density at radius 1 is 1.30 bits per heavy atom. The molecule has 2 unspecified atom stereocenters. The van der Waals surface area contributed by atoms with Crippen LogP contribution in [0.4, 0.5) is 0 Å². The van der Waals surface area contributed by atoms with Crippen LogP contribution in [0.1, 0.15) is 33.1 Å². The fraction of sp³-hybridized carbons (Fsp3) is 0.944. The standard InChI is InChI=1S/C18H34N2O6S/c1-5-6-10-7-11(20(3)8-10)17(25)19-12(9(2)21)16-14(23)13(22)15(24)18(26-16)27-4/h9-16,18,21-24H,5-8H2,1-4H3,(H,19,25)/t9-,10-,11?,12-,13+,14-,15-,16?,18-/m1/s1. The molecule has 0 aromatic carbocycles. The van der Waals surface area contributed by atoms with Crippen LogP contribution >= 0.6 is 11.8 Å². The van der Waals surface area contributed by atoms with Gasteiger partial charge in [0.05, 0.1) is 18.2 Å². The van der Waals surface area contributed by atoms with Gasteiger partial charge in [-0.15, -0.1) is 11.8 Å². The van der Waals surface area contributed by atoms with Gasteiger partial charge in [0, 0.05) is 6.54 Å². The summed E-state index contributed by atoms with van der Waals surface area (Å²) in [4.78, 5) is 14.9. The summed E-state index contributed by atoms with van der Waals surface area (Å²) >= 11 is 1.20. The molecule has 27 heavy (non-hydrogen) atoms. The van der Waals surface area contributed by atoms with Gasteiger partial charge in [0.25, 0.3) is 0 Å². The number of carbonyl (C=O) groups is 1. The number of likely N-dealkylation sites (N-methyl/N-ethyl adjacent to an activating group) is 1. The van der Waals surface area contributed by atoms with Gasteiger partial charge in [-0.25, -0.2) is 0 Å². The average molecular weight is 407 g/mol. The Morgan fingerprint density at radius 3 is 2.52 bits per heavy atom. The smallest absolute Gasteiger partial charge is 0.237 e. The zero-order valence-corrected chi connectivity index (χ0v) is 17.3. The minimum Gasteiger partial charge on any atom is -0.391 e. The summed E-state index contributed by atoms with van der Waals surface area (Å²) in [7, 11) is 1.91. The van der Waals surface area contributed by atoms with Gasteiger partial charge in [-0.2, -0.15) is 0 Å². The molecule has 2 aliphatic rings. The SMILES string of the molecule is CCC[C@@H]1CC(C(=O)N[C@@H](C2O[C@H](SC)[C@H](O)[C@@H](O)[C@H]2O)[C@@H](C)O)N(C)C1. The lowest BCUT2D eigenvalue weighted by molar-refractivity contribution is -0.211. The molecule has 1 amide bonds. The number of nitrogens with zero attached hydrogens (tertiary/aromatic N) is 1. The number of hydrogen-bond acceptors (Lipinski definition) is 8. The Morgan fingerprint density at radius 2 is 1.96 bits per heavy atom. The molecular formula is C18H34N2O6S. The van der Waals surface area contributed by atoms with E-state index in [9.17, 15) is 25.2 Å². The average Bonchev–Trinajstić information content (AvgIpc) is 2.99. The molecule has 0 aromatic heterocycles. The Kier molecular flexibility index (Phi) is 8.35. The second kappa shape index (κ2) is 9.87. The van der Waals surface area contributed by atoms with E-state index in [4.69, 9.17) is 4.74 Å². The van der Waals surface area contributed by atoms with Crippen LogP contribution < -0.4 is 5.32 Å². The minimum atomic E-state index is -1.42. The van der Waals surface area contributed by atoms with Crippen LogP contribution in [-0.4, -0.2) is 99.1 Å². The van der Waals surface area contributed by atoms with E-state index in [2.05, 4.69) is 12.2 Å². The van der Waals surface area contributed by atoms with E-state index in [1.165, 1.54) is 18.7 Å². The Labute approximate surface area is 165 Å². The van der Waals surface area contributed by atoms with Gasteiger partial charge in [-0.05, 0) is 39.0 Å². The number of amides is 1. The maximum Gasteiger partial charge on any atom is 0.237 e. The van der Waals surface area contributed by atoms with Gasteiger partial charge in [-0.1, -0.05) is 13.3 Å². The predicted molar refractivity (Wildman–Crippen MR) is 103 cm³/mol. The number of hydrogen-bond donors (Lipinski definition) is 5. The van der Waals surface area contributed by atoms with Crippen LogP contribution in [0.5, 0.6) is 0 Å². The number of aliphatic hydroxyl groups is 4. The zero-order chi connectivity index (χ0) is 20.3. The molecule has 2 fully saturated rings. The molecule has 158 valence electrons. The van der Waals surface area contributed by atoms with Crippen LogP contribution in [0.25, 0.3) is 0 Å². The summed E-state index contributed by atoms with van der Waals surface area (Å²) in [6.45, 7) is 4.48. The van der Waals surface area contributed by atoms with Crippen molar-refractivity contribution in [1.29, 1.82) is 0 Å². The maximum absolute atomic E-state index is 12.8. The van der Waals surface area contributed by atoms with Crippen molar-refractivity contribution in [3.8, 4) is 0 Å². The molecule has 0 spiro atoms. The summed E-state index contributed by atoms with van der Waals surface area (Å²) in [5.74, 6) is 0.245. The van der Waals surface area contributed by atoms with E-state index in [1.54, 1.807) is 6.26 Å². The molecule has 2 aliphatic heterocycles. The monoisotopic (exact) mass is 406 g/mol. The van der Waals surface area contributed by atoms with E-state index >= 15 is 0 Å². The number of thioether (sulfide) groups is 1. The summed E-state index contributed by atoms with van der Waals surface area (Å²) in [6, 6.07) is -1.20. The van der Waals surface area contributed by atoms with Crippen molar-refractivity contribution in [2.45, 2.75) is 81.1 Å². The maximum atomic E-state index is 12.8. The highest BCUT2D eigenvalue weighted by Crippen LogP contribution is 2.30. The Balaban J connectivity index is 2.09. The summed E-state index contributed by atoms with van der Waals surface area (Å²) in [5, 5.41) is 43.5. The van der Waals surface area contributed by atoms with Crippen LogP contribution in [0.3, 0.4) is 0 Å². The molecule has 0 aromatic rings. The van der Waals surface area contributed by atoms with Crippen LogP contribution in [-0.2, 0) is 9.53 Å². The third-order valence-corrected chi connectivity index (χ3v) is 6.51. The van der Waals surface area contributed by atoms with Crippen LogP contribution in [0, 0.1) is 5.92 Å². The van der Waals surface area contributed by atoms with E-state index in [-0.39, 0.29) is 11.9 Å². The molecule has 2 saturated heterocycles. The highest BCUT2D eigenvalue weighted by Gasteiger charge is 2.48. The molecule has 8 nitrogen and oxygen atoms in total. The topological polar surface area (TPSA) is 122 Å². The molecular weight excluding hydrogens is 372 g/mol. The summed E-state index contributed by atoms with van der Waals surface area (Å²) < 4.78 is 5.72. The second-order valence-electron chi connectivity index (χ2n) is 7.80. The zero-order valence-electron chi connectivity index (χ0n) is 16.5. The molecule has 5 N–H and O–H groups in total. The first-order chi connectivity index (χ1) is 12.7. The number of ether oxygens (including phenoxy) is 1. The molecule has 0 aliphatic carbocycles. The van der Waals surface area contributed by atoms with Gasteiger partial charge in [0.15, 0.2) is 0 Å². The molecule has 2 rings (SSSR count). The van der Waals surface area contributed by atoms with Crippen LogP contribution in [0.15, 0.2) is 0 Å². The van der Waals surface area contributed by atoms with Crippen molar-refractivity contribution in [1.82, 2.24) is 10.2 Å². The van der Waals surface area contributed by atoms with Crippen molar-refractivity contribution < 1.29 is 30.0 Å². The lowest BCUT2D eigenvalue weighted by atomic mass is 9.92. The number of carbonyl (C=O) groups excluding carboxylic acids is 1. The Bertz CT molecular complexity index is 494. The lowest BCUT2D eigenvalue weighted by Crippen LogP contribution is -2.65. The second-order valence-corrected chi connectivity index (χ2v) is 8.73. The summed E-state index contributed by atoms with van der Waals surface area (Å²) in [5.41, 5.74) is -0.755. The molecule has 9 heteroatoms. The van der Waals surface area contributed by atoms with E-state index < -0.39 is 42.0 Å². The van der Waals surface area contributed by atoms with Gasteiger partial charge in [0.1, 0.15) is 29.9 Å². The van der Waals surface area contributed by atoms with Gasteiger partial charge >= 0.3 is 0 Å². The fourth-order valence-electron chi connectivity index (χ4n) is 4.13. The predicted octanol–water partition coefficient (Wildman–Crippen LogP) is -0.857. The largest absolute Gasteiger partial charge is 0.391 e. The molecule has 9 atom stereocenters. The quantitative estimate of drug-likeness (QED) is 0.370. The van der Waals surface area contributed by atoms with Crippen molar-refractivity contribution in [3.63, 3.8) is 0 Å². The molecule has 0 radical (unpaired) electrons. The number of rotatable bonds is 7. The van der Waals surface area contributed by atoms with E-state index in [0.717, 1.165) is 25.8 Å². The first-order valence-electron chi connectivity index (χ1n) is 9.62. The summed E-state index contributed by atoms with van der Waals surface area (Å²) in [6.07, 6.45) is -1.50.